The van der Waals surface area contributed by atoms with Crippen molar-refractivity contribution in [3.8, 4) is 0 Å². The highest BCUT2D eigenvalue weighted by atomic mass is 35.5. The van der Waals surface area contributed by atoms with Crippen LogP contribution < -0.4 is 0 Å². The number of nitrogens with zero attached hydrogens (tertiary/aromatic N) is 1. The normalized spacial score (nSPS) is 13.2. The average Bonchev–Trinajstić information content (AvgIpc) is 2.29. The van der Waals surface area contributed by atoms with Crippen LogP contribution in [0.2, 0.25) is 5.02 Å². The van der Waals surface area contributed by atoms with Gasteiger partial charge in [0.2, 0.25) is 10.0 Å². The molecule has 0 radical (unpaired) electrons. The topological polar surface area (TPSA) is 37.4 Å². The largest absolute Gasteiger partial charge is 0.402 e. The maximum Gasteiger partial charge on any atom is 0.402 e. The number of benzene rings is 1. The van der Waals surface area contributed by atoms with Gasteiger partial charge in [-0.05, 0) is 30.5 Å². The second kappa shape index (κ2) is 6.54. The Kier molecular flexibility index (Phi) is 5.69. The Labute approximate surface area is 127 Å². The van der Waals surface area contributed by atoms with E-state index in [1.54, 1.807) is 13.8 Å². The zero-order valence-corrected chi connectivity index (χ0v) is 13.5. The molecule has 1 aromatic rings. The first-order valence-electron chi connectivity index (χ1n) is 6.27. The molecule has 0 amide bonds. The van der Waals surface area contributed by atoms with Crippen LogP contribution in [-0.4, -0.2) is 32.0 Å². The molecule has 0 saturated heterocycles. The van der Waals surface area contributed by atoms with Gasteiger partial charge in [-0.2, -0.15) is 17.5 Å². The molecule has 8 heteroatoms. The number of sulfonamides is 1. The van der Waals surface area contributed by atoms with E-state index in [2.05, 4.69) is 0 Å². The summed E-state index contributed by atoms with van der Waals surface area (Å²) in [7, 11) is -4.25. The van der Waals surface area contributed by atoms with Gasteiger partial charge in [0, 0.05) is 11.6 Å². The summed E-state index contributed by atoms with van der Waals surface area (Å²) in [5.74, 6) is -0.235. The van der Waals surface area contributed by atoms with E-state index in [0.717, 1.165) is 0 Å². The highest BCUT2D eigenvalue weighted by molar-refractivity contribution is 7.89. The maximum absolute atomic E-state index is 12.6. The molecular formula is C13H17ClF3NO2S. The first-order valence-corrected chi connectivity index (χ1v) is 8.09. The molecule has 1 aromatic carbocycles. The van der Waals surface area contributed by atoms with Gasteiger partial charge in [0.25, 0.3) is 0 Å². The third-order valence-corrected chi connectivity index (χ3v) is 5.13. The predicted octanol–water partition coefficient (Wildman–Crippen LogP) is 3.86. The Morgan fingerprint density at radius 1 is 1.29 bits per heavy atom. The molecule has 0 atom stereocenters. The molecule has 0 aliphatic heterocycles. The van der Waals surface area contributed by atoms with E-state index in [4.69, 9.17) is 11.6 Å². The van der Waals surface area contributed by atoms with Crippen LogP contribution in [0.5, 0.6) is 0 Å². The summed E-state index contributed by atoms with van der Waals surface area (Å²) in [4.78, 5) is -0.195. The van der Waals surface area contributed by atoms with Gasteiger partial charge in [-0.15, -0.1) is 0 Å². The lowest BCUT2D eigenvalue weighted by Crippen LogP contribution is -2.41. The van der Waals surface area contributed by atoms with Crippen molar-refractivity contribution in [2.75, 3.05) is 13.1 Å². The molecule has 0 aliphatic carbocycles. The highest BCUT2D eigenvalue weighted by Gasteiger charge is 2.37. The van der Waals surface area contributed by atoms with Crippen molar-refractivity contribution in [2.24, 2.45) is 5.92 Å². The second-order valence-corrected chi connectivity index (χ2v) is 7.48. The van der Waals surface area contributed by atoms with Crippen molar-refractivity contribution in [3.05, 3.63) is 28.8 Å². The third kappa shape index (κ3) is 4.86. The molecule has 3 nitrogen and oxygen atoms in total. The third-order valence-electron chi connectivity index (χ3n) is 2.76. The second-order valence-electron chi connectivity index (χ2n) is 5.17. The fourth-order valence-electron chi connectivity index (χ4n) is 1.86. The number of halogens is 4. The zero-order chi connectivity index (χ0) is 16.4. The van der Waals surface area contributed by atoms with Crippen LogP contribution in [0.25, 0.3) is 0 Å². The molecule has 0 spiro atoms. The van der Waals surface area contributed by atoms with Crippen molar-refractivity contribution in [1.29, 1.82) is 0 Å². The summed E-state index contributed by atoms with van der Waals surface area (Å²) in [5.41, 5.74) is 0.245. The summed E-state index contributed by atoms with van der Waals surface area (Å²) in [6, 6.07) is 4.16. The van der Waals surface area contributed by atoms with Gasteiger partial charge >= 0.3 is 6.18 Å². The number of hydrogen-bond acceptors (Lipinski definition) is 2. The van der Waals surface area contributed by atoms with Crippen LogP contribution >= 0.6 is 11.6 Å². The molecule has 0 aliphatic rings. The minimum atomic E-state index is -4.60. The van der Waals surface area contributed by atoms with Gasteiger partial charge in [0.05, 0.1) is 4.90 Å². The van der Waals surface area contributed by atoms with Gasteiger partial charge in [0.1, 0.15) is 6.54 Å². The van der Waals surface area contributed by atoms with Gasteiger partial charge in [-0.25, -0.2) is 8.42 Å². The molecule has 21 heavy (non-hydrogen) atoms. The highest BCUT2D eigenvalue weighted by Crippen LogP contribution is 2.28. The van der Waals surface area contributed by atoms with Crippen LogP contribution in [0.15, 0.2) is 23.1 Å². The van der Waals surface area contributed by atoms with Crippen molar-refractivity contribution in [2.45, 2.75) is 31.8 Å². The molecule has 0 heterocycles. The van der Waals surface area contributed by atoms with Crippen molar-refractivity contribution in [1.82, 2.24) is 4.31 Å². The van der Waals surface area contributed by atoms with Gasteiger partial charge in [0.15, 0.2) is 0 Å². The monoisotopic (exact) mass is 343 g/mol. The number of alkyl halides is 3. The van der Waals surface area contributed by atoms with E-state index >= 15 is 0 Å². The molecule has 0 aromatic heterocycles. The van der Waals surface area contributed by atoms with Crippen molar-refractivity contribution < 1.29 is 21.6 Å². The van der Waals surface area contributed by atoms with Crippen LogP contribution in [0.3, 0.4) is 0 Å². The minimum absolute atomic E-state index is 0.195. The van der Waals surface area contributed by atoms with E-state index in [-0.39, 0.29) is 27.9 Å². The van der Waals surface area contributed by atoms with Gasteiger partial charge in [-0.1, -0.05) is 31.5 Å². The Hall–Kier alpha value is -0.790. The van der Waals surface area contributed by atoms with Gasteiger partial charge in [-0.3, -0.25) is 0 Å². The van der Waals surface area contributed by atoms with Crippen molar-refractivity contribution in [3.63, 3.8) is 0 Å². The summed E-state index contributed by atoms with van der Waals surface area (Å²) < 4.78 is 63.4. The predicted molar refractivity (Wildman–Crippen MR) is 75.8 cm³/mol. The summed E-state index contributed by atoms with van der Waals surface area (Å²) in [6.07, 6.45) is -4.60. The van der Waals surface area contributed by atoms with E-state index in [1.807, 2.05) is 0 Å². The van der Waals surface area contributed by atoms with E-state index in [1.165, 1.54) is 25.1 Å². The Bertz CT molecular complexity index is 600. The molecule has 0 N–H and O–H groups in total. The lowest BCUT2D eigenvalue weighted by atomic mass is 10.2. The smallest absolute Gasteiger partial charge is 0.207 e. The fourth-order valence-corrected chi connectivity index (χ4v) is 3.93. The number of rotatable bonds is 5. The molecule has 0 bridgehead atoms. The molecule has 1 rings (SSSR count). The van der Waals surface area contributed by atoms with E-state index in [9.17, 15) is 21.6 Å². The van der Waals surface area contributed by atoms with Gasteiger partial charge < -0.3 is 0 Å². The summed E-state index contributed by atoms with van der Waals surface area (Å²) in [6.45, 7) is 3.05. The molecule has 0 saturated carbocycles. The maximum atomic E-state index is 12.6. The summed E-state index contributed by atoms with van der Waals surface area (Å²) >= 11 is 5.86. The fraction of sp³-hybridized carbons (Fsp3) is 0.538. The quantitative estimate of drug-likeness (QED) is 0.814. The van der Waals surface area contributed by atoms with Crippen LogP contribution in [-0.2, 0) is 10.0 Å². The van der Waals surface area contributed by atoms with E-state index in [0.29, 0.717) is 4.31 Å². The SMILES string of the molecule is Cc1c(Cl)cccc1S(=O)(=O)N(CC(C)C)CC(F)(F)F. The molecular weight excluding hydrogens is 327 g/mol. The zero-order valence-electron chi connectivity index (χ0n) is 11.9. The standard InChI is InChI=1S/C13H17ClF3NO2S/c1-9(2)7-18(8-13(15,16)17)21(19,20)12-6-4-5-11(14)10(12)3/h4-6,9H,7-8H2,1-3H3. The summed E-state index contributed by atoms with van der Waals surface area (Å²) in [5, 5.41) is 0.201. The van der Waals surface area contributed by atoms with Crippen LogP contribution in [0, 0.1) is 12.8 Å². The first-order chi connectivity index (χ1) is 9.45. The molecule has 0 unspecified atom stereocenters. The first kappa shape index (κ1) is 18.3. The minimum Gasteiger partial charge on any atom is -0.207 e. The Balaban J connectivity index is 3.30. The van der Waals surface area contributed by atoms with Crippen molar-refractivity contribution >= 4 is 21.6 Å². The van der Waals surface area contributed by atoms with E-state index < -0.39 is 22.7 Å². The van der Waals surface area contributed by atoms with Crippen LogP contribution in [0.4, 0.5) is 13.2 Å². The molecule has 0 fully saturated rings. The van der Waals surface area contributed by atoms with Crippen LogP contribution in [0.1, 0.15) is 19.4 Å². The lowest BCUT2D eigenvalue weighted by Gasteiger charge is -2.25. The average molecular weight is 344 g/mol. The Morgan fingerprint density at radius 3 is 2.33 bits per heavy atom. The lowest BCUT2D eigenvalue weighted by molar-refractivity contribution is -0.136. The number of hydrogen-bond donors (Lipinski definition) is 0. The molecule has 120 valence electrons. The Morgan fingerprint density at radius 2 is 1.86 bits per heavy atom.